The molecule has 1 aromatic rings. The molecule has 0 aromatic heterocycles. The second-order valence-electron chi connectivity index (χ2n) is 5.41. The molecule has 1 aromatic carbocycles. The standard InChI is InChI=1S/C13H16ClF2NO3S/c1-12(2,3)21(20)17-10(13(15,16)11(18)19)8-4-6-9(14)7-5-8/h4-7,10,17H,1-3H3,(H,18,19)/t10-,21-/m0/s1. The summed E-state index contributed by atoms with van der Waals surface area (Å²) in [6.07, 6.45) is 0. The predicted molar refractivity (Wildman–Crippen MR) is 77.8 cm³/mol. The van der Waals surface area contributed by atoms with Gasteiger partial charge in [-0.1, -0.05) is 23.7 Å². The van der Waals surface area contributed by atoms with Crippen LogP contribution in [0.15, 0.2) is 24.3 Å². The van der Waals surface area contributed by atoms with Gasteiger partial charge in [-0.15, -0.1) is 0 Å². The first-order valence-corrected chi connectivity index (χ1v) is 7.53. The average Bonchev–Trinajstić information content (AvgIpc) is 2.35. The van der Waals surface area contributed by atoms with E-state index < -0.39 is 33.7 Å². The quantitative estimate of drug-likeness (QED) is 0.866. The molecule has 0 aliphatic rings. The maximum Gasteiger partial charge on any atom is 0.376 e. The van der Waals surface area contributed by atoms with Gasteiger partial charge in [0.05, 0.1) is 15.7 Å². The lowest BCUT2D eigenvalue weighted by Crippen LogP contribution is -2.47. The Morgan fingerprint density at radius 3 is 2.14 bits per heavy atom. The lowest BCUT2D eigenvalue weighted by molar-refractivity contribution is -0.168. The molecular formula is C13H16ClF2NO3S. The third kappa shape index (κ3) is 4.46. The van der Waals surface area contributed by atoms with Crippen LogP contribution in [-0.2, 0) is 15.8 Å². The minimum absolute atomic E-state index is 0.00981. The van der Waals surface area contributed by atoms with Crippen LogP contribution in [0.3, 0.4) is 0 Å². The third-order valence-electron chi connectivity index (χ3n) is 2.63. The predicted octanol–water partition coefficient (Wildman–Crippen LogP) is 3.15. The molecule has 0 saturated carbocycles. The van der Waals surface area contributed by atoms with Gasteiger partial charge in [0.1, 0.15) is 6.04 Å². The number of benzene rings is 1. The molecular weight excluding hydrogens is 324 g/mol. The first-order chi connectivity index (χ1) is 9.46. The van der Waals surface area contributed by atoms with Crippen LogP contribution in [0.1, 0.15) is 32.4 Å². The normalized spacial score (nSPS) is 15.5. The van der Waals surface area contributed by atoms with Crippen LogP contribution in [0.4, 0.5) is 8.78 Å². The molecule has 2 atom stereocenters. The van der Waals surface area contributed by atoms with Crippen LogP contribution in [0.2, 0.25) is 5.02 Å². The Kier molecular flexibility index (Phi) is 5.46. The molecule has 0 bridgehead atoms. The van der Waals surface area contributed by atoms with Crippen molar-refractivity contribution in [2.24, 2.45) is 0 Å². The monoisotopic (exact) mass is 339 g/mol. The lowest BCUT2D eigenvalue weighted by Gasteiger charge is -2.28. The van der Waals surface area contributed by atoms with Crippen molar-refractivity contribution in [2.75, 3.05) is 0 Å². The first-order valence-electron chi connectivity index (χ1n) is 6.01. The van der Waals surface area contributed by atoms with Gasteiger partial charge in [-0.2, -0.15) is 8.78 Å². The molecule has 0 fully saturated rings. The van der Waals surface area contributed by atoms with Crippen LogP contribution in [0, 0.1) is 0 Å². The van der Waals surface area contributed by atoms with Crippen molar-refractivity contribution in [3.63, 3.8) is 0 Å². The highest BCUT2D eigenvalue weighted by Crippen LogP contribution is 2.33. The van der Waals surface area contributed by atoms with Crippen molar-refractivity contribution in [2.45, 2.75) is 37.5 Å². The highest BCUT2D eigenvalue weighted by atomic mass is 35.5. The fraction of sp³-hybridized carbons (Fsp3) is 0.462. The number of carboxylic acid groups (broad SMARTS) is 1. The number of alkyl halides is 2. The van der Waals surface area contributed by atoms with E-state index in [0.717, 1.165) is 0 Å². The minimum atomic E-state index is -4.12. The summed E-state index contributed by atoms with van der Waals surface area (Å²) in [5.41, 5.74) is -0.00981. The first kappa shape index (κ1) is 18.0. The van der Waals surface area contributed by atoms with Crippen LogP contribution in [-0.4, -0.2) is 26.0 Å². The zero-order valence-electron chi connectivity index (χ0n) is 11.7. The van der Waals surface area contributed by atoms with E-state index in [1.54, 1.807) is 20.8 Å². The van der Waals surface area contributed by atoms with E-state index >= 15 is 0 Å². The molecule has 0 saturated heterocycles. The van der Waals surface area contributed by atoms with Crippen molar-refractivity contribution >= 4 is 28.6 Å². The summed E-state index contributed by atoms with van der Waals surface area (Å²) >= 11 is 5.69. The van der Waals surface area contributed by atoms with Gasteiger partial charge in [0.2, 0.25) is 0 Å². The number of halogens is 3. The summed E-state index contributed by atoms with van der Waals surface area (Å²) in [6, 6.07) is 3.35. The van der Waals surface area contributed by atoms with Crippen LogP contribution in [0.5, 0.6) is 0 Å². The number of carboxylic acids is 1. The molecule has 0 spiro atoms. The Balaban J connectivity index is 3.21. The highest BCUT2D eigenvalue weighted by Gasteiger charge is 2.49. The van der Waals surface area contributed by atoms with E-state index in [4.69, 9.17) is 16.7 Å². The molecule has 2 N–H and O–H groups in total. The second kappa shape index (κ2) is 6.37. The van der Waals surface area contributed by atoms with Crippen LogP contribution >= 0.6 is 11.6 Å². The van der Waals surface area contributed by atoms with Gasteiger partial charge in [-0.25, -0.2) is 13.7 Å². The van der Waals surface area contributed by atoms with E-state index in [1.807, 2.05) is 0 Å². The summed E-state index contributed by atoms with van der Waals surface area (Å²) in [5.74, 6) is -6.41. The lowest BCUT2D eigenvalue weighted by atomic mass is 10.0. The maximum absolute atomic E-state index is 13.9. The van der Waals surface area contributed by atoms with Crippen molar-refractivity contribution in [1.29, 1.82) is 0 Å². The van der Waals surface area contributed by atoms with Gasteiger partial charge in [0, 0.05) is 5.02 Å². The molecule has 0 unspecified atom stereocenters. The molecule has 0 amide bonds. The fourth-order valence-corrected chi connectivity index (χ4v) is 2.39. The largest absolute Gasteiger partial charge is 0.477 e. The molecule has 0 heterocycles. The number of aliphatic carboxylic acids is 1. The van der Waals surface area contributed by atoms with Gasteiger partial charge < -0.3 is 5.11 Å². The smallest absolute Gasteiger partial charge is 0.376 e. The van der Waals surface area contributed by atoms with E-state index in [0.29, 0.717) is 5.02 Å². The van der Waals surface area contributed by atoms with E-state index in [9.17, 15) is 17.8 Å². The fourth-order valence-electron chi connectivity index (χ4n) is 1.41. The molecule has 8 heteroatoms. The number of hydrogen-bond acceptors (Lipinski definition) is 2. The third-order valence-corrected chi connectivity index (χ3v) is 4.45. The number of carbonyl (C=O) groups is 1. The Hall–Kier alpha value is -1.05. The number of rotatable bonds is 5. The van der Waals surface area contributed by atoms with Crippen molar-refractivity contribution in [3.8, 4) is 0 Å². The second-order valence-corrected chi connectivity index (χ2v) is 7.85. The van der Waals surface area contributed by atoms with Gasteiger partial charge in [0.25, 0.3) is 0 Å². The van der Waals surface area contributed by atoms with Crippen molar-refractivity contribution in [1.82, 2.24) is 4.72 Å². The average molecular weight is 340 g/mol. The molecule has 0 aliphatic carbocycles. The van der Waals surface area contributed by atoms with E-state index in [1.165, 1.54) is 24.3 Å². The zero-order chi connectivity index (χ0) is 16.4. The zero-order valence-corrected chi connectivity index (χ0v) is 13.3. The van der Waals surface area contributed by atoms with Crippen molar-refractivity contribution < 1.29 is 22.9 Å². The minimum Gasteiger partial charge on any atom is -0.477 e. The molecule has 1 rings (SSSR count). The van der Waals surface area contributed by atoms with Crippen molar-refractivity contribution in [3.05, 3.63) is 34.9 Å². The summed E-state index contributed by atoms with van der Waals surface area (Å²) in [6.45, 7) is 4.77. The molecule has 0 radical (unpaired) electrons. The van der Waals surface area contributed by atoms with Gasteiger partial charge in [-0.05, 0) is 38.5 Å². The molecule has 4 nitrogen and oxygen atoms in total. The molecule has 21 heavy (non-hydrogen) atoms. The van der Waals surface area contributed by atoms with E-state index in [2.05, 4.69) is 4.72 Å². The Labute approximate surface area is 129 Å². The van der Waals surface area contributed by atoms with Crippen LogP contribution in [0.25, 0.3) is 0 Å². The Morgan fingerprint density at radius 2 is 1.76 bits per heavy atom. The topological polar surface area (TPSA) is 66.4 Å². The number of nitrogens with one attached hydrogen (secondary N) is 1. The van der Waals surface area contributed by atoms with Gasteiger partial charge >= 0.3 is 11.9 Å². The van der Waals surface area contributed by atoms with Gasteiger partial charge in [0.15, 0.2) is 0 Å². The van der Waals surface area contributed by atoms with Gasteiger partial charge in [-0.3, -0.25) is 0 Å². The Morgan fingerprint density at radius 1 is 1.29 bits per heavy atom. The SMILES string of the molecule is CC(C)(C)[S@](=O)N[C@@H](c1ccc(Cl)cc1)C(F)(F)C(=O)O. The Bertz CT molecular complexity index is 543. The highest BCUT2D eigenvalue weighted by molar-refractivity contribution is 7.84. The molecule has 118 valence electrons. The number of hydrogen-bond donors (Lipinski definition) is 2. The molecule has 0 aliphatic heterocycles. The summed E-state index contributed by atoms with van der Waals surface area (Å²) in [7, 11) is -1.86. The summed E-state index contributed by atoms with van der Waals surface area (Å²) < 4.78 is 41.3. The summed E-state index contributed by atoms with van der Waals surface area (Å²) in [4.78, 5) is 10.8. The maximum atomic E-state index is 13.9. The van der Waals surface area contributed by atoms with Crippen LogP contribution < -0.4 is 4.72 Å². The summed E-state index contributed by atoms with van der Waals surface area (Å²) in [5, 5.41) is 9.06. The van der Waals surface area contributed by atoms with E-state index in [-0.39, 0.29) is 5.56 Å².